The molecule has 0 aliphatic carbocycles. The number of furan rings is 1. The van der Waals surface area contributed by atoms with Crippen molar-refractivity contribution in [3.63, 3.8) is 0 Å². The van der Waals surface area contributed by atoms with Gasteiger partial charge >= 0.3 is 0 Å². The first-order valence-corrected chi connectivity index (χ1v) is 16.1. The minimum atomic E-state index is -2.35. The third kappa shape index (κ3) is 7.48. The van der Waals surface area contributed by atoms with Gasteiger partial charge in [0.15, 0.2) is 0 Å². The Hall–Kier alpha value is -4.89. The molecule has 0 aliphatic rings. The van der Waals surface area contributed by atoms with E-state index < -0.39 is 26.9 Å². The van der Waals surface area contributed by atoms with E-state index in [0.29, 0.717) is 67.9 Å². The summed E-state index contributed by atoms with van der Waals surface area (Å²) in [6.45, 7) is -2.66. The number of aromatic nitrogens is 2. The fourth-order valence-electron chi connectivity index (χ4n) is 5.93. The number of rotatable bonds is 6. The summed E-state index contributed by atoms with van der Waals surface area (Å²) in [7, 11) is 0. The van der Waals surface area contributed by atoms with Gasteiger partial charge in [-0.1, -0.05) is 117 Å². The summed E-state index contributed by atoms with van der Waals surface area (Å²) in [4.78, 5) is 8.74. The van der Waals surface area contributed by atoms with Gasteiger partial charge in [-0.3, -0.25) is 0 Å². The van der Waals surface area contributed by atoms with Crippen molar-refractivity contribution in [2.75, 3.05) is 0 Å². The summed E-state index contributed by atoms with van der Waals surface area (Å²) in [5, 5.41) is 3.02. The first-order chi connectivity index (χ1) is 28.2. The van der Waals surface area contributed by atoms with Crippen LogP contribution in [0, 0.1) is 38.6 Å². The van der Waals surface area contributed by atoms with Crippen molar-refractivity contribution in [1.29, 1.82) is 0 Å². The molecule has 0 bridgehead atoms. The van der Waals surface area contributed by atoms with Crippen molar-refractivity contribution in [1.82, 2.24) is 9.97 Å². The molecule has 0 fully saturated rings. The van der Waals surface area contributed by atoms with Crippen LogP contribution in [0.3, 0.4) is 0 Å². The van der Waals surface area contributed by atoms with Crippen molar-refractivity contribution < 1.29 is 39.6 Å². The monoisotopic (exact) mass is 840 g/mol. The fourth-order valence-corrected chi connectivity index (χ4v) is 5.93. The van der Waals surface area contributed by atoms with E-state index in [-0.39, 0.29) is 36.8 Å². The van der Waals surface area contributed by atoms with Gasteiger partial charge in [-0.15, -0.1) is 53.1 Å². The molecule has 0 saturated carbocycles. The van der Waals surface area contributed by atoms with Crippen molar-refractivity contribution in [3.8, 4) is 22.5 Å². The summed E-state index contributed by atoms with van der Waals surface area (Å²) in [5.74, 6) is 0.309. The molecular formula is C46H40IrN2O-2. The average molecular weight is 840 g/mol. The number of benzene rings is 5. The largest absolute Gasteiger partial charge is 0.501 e. The average Bonchev–Trinajstić information content (AvgIpc) is 3.59. The first kappa shape index (κ1) is 23.5. The molecule has 0 atom stereocenters. The van der Waals surface area contributed by atoms with Gasteiger partial charge in [0, 0.05) is 53.0 Å². The zero-order chi connectivity index (χ0) is 43.2. The van der Waals surface area contributed by atoms with Crippen LogP contribution in [0.4, 0.5) is 0 Å². The van der Waals surface area contributed by atoms with E-state index in [2.05, 4.69) is 22.1 Å². The summed E-state index contributed by atoms with van der Waals surface area (Å²) in [5.41, 5.74) is 5.50. The van der Waals surface area contributed by atoms with Crippen LogP contribution in [0.2, 0.25) is 0 Å². The summed E-state index contributed by atoms with van der Waals surface area (Å²) < 4.78 is 93.4. The Kier molecular flexibility index (Phi) is 7.21. The maximum Gasteiger partial charge on any atom is 0.120 e. The minimum absolute atomic E-state index is 0. The zero-order valence-corrected chi connectivity index (χ0v) is 29.9. The molecule has 3 aromatic heterocycles. The Balaban J connectivity index is 0.000000218. The van der Waals surface area contributed by atoms with Crippen LogP contribution in [0.1, 0.15) is 62.3 Å². The van der Waals surface area contributed by atoms with Crippen LogP contribution in [-0.2, 0) is 32.9 Å². The molecule has 8 rings (SSSR count). The smallest absolute Gasteiger partial charge is 0.120 e. The first-order valence-electron chi connectivity index (χ1n) is 21.6. The molecule has 50 heavy (non-hydrogen) atoms. The molecule has 0 amide bonds. The Morgan fingerprint density at radius 2 is 1.58 bits per heavy atom. The molecule has 0 saturated heterocycles. The second kappa shape index (κ2) is 15.3. The number of para-hydroxylation sites is 1. The van der Waals surface area contributed by atoms with E-state index in [1.807, 2.05) is 68.4 Å². The van der Waals surface area contributed by atoms with Crippen molar-refractivity contribution >= 4 is 32.7 Å². The zero-order valence-electron chi connectivity index (χ0n) is 38.5. The van der Waals surface area contributed by atoms with Crippen LogP contribution in [-0.4, -0.2) is 9.97 Å². The fraction of sp³-hybridized carbons (Fsp3) is 0.174. The number of hydrogen-bond acceptors (Lipinski definition) is 3. The second-order valence-corrected chi connectivity index (χ2v) is 12.3. The molecule has 4 heteroatoms. The van der Waals surface area contributed by atoms with Gasteiger partial charge in [-0.2, -0.15) is 0 Å². The molecule has 8 aromatic rings. The number of aryl methyl sites for hydroxylation is 3. The maximum atomic E-state index is 9.05. The van der Waals surface area contributed by atoms with E-state index in [0.717, 1.165) is 16.3 Å². The quantitative estimate of drug-likeness (QED) is 0.157. The number of nitrogens with zero attached hydrogens (tertiary/aromatic N) is 2. The van der Waals surface area contributed by atoms with Gasteiger partial charge in [0.2, 0.25) is 0 Å². The predicted octanol–water partition coefficient (Wildman–Crippen LogP) is 11.9. The molecule has 3 heterocycles. The van der Waals surface area contributed by atoms with E-state index in [4.69, 9.17) is 19.5 Å². The molecule has 5 aromatic carbocycles. The van der Waals surface area contributed by atoms with Crippen LogP contribution in [0.15, 0.2) is 126 Å². The summed E-state index contributed by atoms with van der Waals surface area (Å²) in [6, 6.07) is 37.9. The molecule has 0 unspecified atom stereocenters. The third-order valence-corrected chi connectivity index (χ3v) is 8.24. The second-order valence-electron chi connectivity index (χ2n) is 12.3. The van der Waals surface area contributed by atoms with Crippen LogP contribution in [0.25, 0.3) is 55.2 Å². The van der Waals surface area contributed by atoms with E-state index in [1.54, 1.807) is 42.6 Å². The summed E-state index contributed by atoms with van der Waals surface area (Å²) >= 11 is 0. The molecule has 251 valence electrons. The Bertz CT molecular complexity index is 2820. The summed E-state index contributed by atoms with van der Waals surface area (Å²) in [6.07, 6.45) is 1.79. The molecule has 0 spiro atoms. The normalized spacial score (nSPS) is 15.4. The standard InChI is InChI=1S/C29H20NO.C17H20N.Ir/c1-19-13-14-24(29-28(19)25-11-4-5-12-27(25)31-29)26-18-20(15-16-30-26)17-22-9-6-8-21-7-2-3-10-23(21)22;1-12(2)9-16-10-17(18-11-14(16)4)15-7-5-13(3)6-8-15;/h2-13,15-16,18H,17H2,1H3;5-7,10-12H,9H2,1-4H3;/q2*-1;/i1D3,17D2;3D3,4D3;. The molecular weight excluding hydrogens is 789 g/mol. The Morgan fingerprint density at radius 3 is 2.38 bits per heavy atom. The minimum Gasteiger partial charge on any atom is -0.501 e. The van der Waals surface area contributed by atoms with E-state index >= 15 is 0 Å². The van der Waals surface area contributed by atoms with Gasteiger partial charge in [-0.05, 0) is 76.5 Å². The van der Waals surface area contributed by atoms with Gasteiger partial charge in [-0.25, -0.2) is 0 Å². The Morgan fingerprint density at radius 1 is 0.760 bits per heavy atom. The van der Waals surface area contributed by atoms with E-state index in [1.165, 1.54) is 24.4 Å². The van der Waals surface area contributed by atoms with Crippen molar-refractivity contribution in [2.45, 2.75) is 47.2 Å². The Labute approximate surface area is 324 Å². The van der Waals surface area contributed by atoms with E-state index in [9.17, 15) is 0 Å². The number of pyridine rings is 2. The van der Waals surface area contributed by atoms with Gasteiger partial charge in [0.05, 0.1) is 5.58 Å². The van der Waals surface area contributed by atoms with Gasteiger partial charge < -0.3 is 14.4 Å². The predicted molar refractivity (Wildman–Crippen MR) is 204 cm³/mol. The topological polar surface area (TPSA) is 38.9 Å². The maximum absolute atomic E-state index is 9.05. The molecule has 0 N–H and O–H groups in total. The molecule has 0 aliphatic heterocycles. The molecule has 3 nitrogen and oxygen atoms in total. The molecule has 1 radical (unpaired) electrons. The van der Waals surface area contributed by atoms with Gasteiger partial charge in [0.1, 0.15) is 5.58 Å². The van der Waals surface area contributed by atoms with Crippen molar-refractivity contribution in [2.24, 2.45) is 5.92 Å². The van der Waals surface area contributed by atoms with Crippen LogP contribution < -0.4 is 0 Å². The van der Waals surface area contributed by atoms with Crippen LogP contribution >= 0.6 is 0 Å². The van der Waals surface area contributed by atoms with Crippen LogP contribution in [0.5, 0.6) is 0 Å². The van der Waals surface area contributed by atoms with Gasteiger partial charge in [0.25, 0.3) is 0 Å². The van der Waals surface area contributed by atoms with Crippen molar-refractivity contribution in [3.05, 3.63) is 167 Å². The number of hydrogen-bond donors (Lipinski definition) is 0. The SMILES string of the molecule is [2H]C([2H])([2H])c1c[c-]c(-c2cc(C([2H])([2H])c3cccc4ccccc34)ccn2)c2oc3ccccc3c12.[2H]C([2H])([2H])c1c[c-]c(-c2cc(CC(C)C)c(C([2H])([2H])[2H])cn2)cc1.[Ir]. The third-order valence-electron chi connectivity index (χ3n) is 8.24. The number of fused-ring (bicyclic) bond motifs is 4.